The summed E-state index contributed by atoms with van der Waals surface area (Å²) in [6.45, 7) is 0.0518. The van der Waals surface area contributed by atoms with Crippen LogP contribution in [0.1, 0.15) is 12.0 Å². The van der Waals surface area contributed by atoms with Crippen molar-refractivity contribution >= 4 is 10.1 Å². The van der Waals surface area contributed by atoms with Crippen LogP contribution in [0.5, 0.6) is 23.0 Å². The van der Waals surface area contributed by atoms with Crippen molar-refractivity contribution in [1.29, 1.82) is 0 Å². The Hall–Kier alpha value is -1.75. The van der Waals surface area contributed by atoms with Gasteiger partial charge in [0.15, 0.2) is 36.6 Å². The Kier molecular flexibility index (Phi) is 9.49. The molecule has 0 heterocycles. The maximum absolute atomic E-state index is 11.1. The van der Waals surface area contributed by atoms with Gasteiger partial charge in [-0.3, -0.25) is 4.18 Å². The first kappa shape index (κ1) is 22.3. The van der Waals surface area contributed by atoms with Crippen LogP contribution in [0, 0.1) is 0 Å². The minimum absolute atomic E-state index is 0.00459. The molecule has 0 saturated carbocycles. The van der Waals surface area contributed by atoms with E-state index in [-0.39, 0.29) is 20.2 Å². The molecule has 0 aliphatic rings. The predicted octanol–water partition coefficient (Wildman–Crippen LogP) is 1.58. The van der Waals surface area contributed by atoms with Crippen molar-refractivity contribution < 1.29 is 41.0 Å². The molecule has 0 aromatic heterocycles. The number of rotatable bonds is 13. The average Bonchev–Trinajstić information content (AvgIpc) is 2.60. The van der Waals surface area contributed by atoms with E-state index in [1.807, 2.05) is 0 Å². The third-order valence-corrected chi connectivity index (χ3v) is 3.80. The van der Waals surface area contributed by atoms with E-state index in [2.05, 4.69) is 0 Å². The molecule has 0 atom stereocenters. The Morgan fingerprint density at radius 1 is 0.885 bits per heavy atom. The molecular weight excluding hydrogens is 368 g/mol. The van der Waals surface area contributed by atoms with E-state index in [9.17, 15) is 8.42 Å². The van der Waals surface area contributed by atoms with Crippen molar-refractivity contribution in [3.05, 3.63) is 11.6 Å². The summed E-state index contributed by atoms with van der Waals surface area (Å²) in [6.07, 6.45) is 1.81. The molecule has 1 aromatic rings. The van der Waals surface area contributed by atoms with Crippen LogP contribution in [0.25, 0.3) is 0 Å². The van der Waals surface area contributed by atoms with Gasteiger partial charge in [-0.25, -0.2) is 0 Å². The van der Waals surface area contributed by atoms with Crippen LogP contribution >= 0.6 is 0 Å². The van der Waals surface area contributed by atoms with Crippen LogP contribution in [0.15, 0.2) is 6.07 Å². The van der Waals surface area contributed by atoms with Gasteiger partial charge in [0.05, 0.1) is 27.1 Å². The topological polar surface area (TPSA) is 98.8 Å². The smallest absolute Gasteiger partial charge is 0.264 e. The second-order valence-electron chi connectivity index (χ2n) is 5.15. The zero-order valence-electron chi connectivity index (χ0n) is 15.7. The first-order chi connectivity index (χ1) is 12.4. The summed E-state index contributed by atoms with van der Waals surface area (Å²) in [5.41, 5.74) is 0.645. The van der Waals surface area contributed by atoms with Gasteiger partial charge in [-0.05, 0) is 12.8 Å². The lowest BCUT2D eigenvalue weighted by molar-refractivity contribution is 0.0444. The van der Waals surface area contributed by atoms with Crippen LogP contribution in [-0.4, -0.2) is 63.3 Å². The summed E-state index contributed by atoms with van der Waals surface area (Å²) in [4.78, 5) is 0. The van der Waals surface area contributed by atoms with Crippen molar-refractivity contribution in [2.45, 2.75) is 12.8 Å². The molecule has 0 bridgehead atoms. The molecule has 1 aromatic carbocycles. The maximum Gasteiger partial charge on any atom is 0.264 e. The van der Waals surface area contributed by atoms with E-state index in [1.165, 1.54) is 28.4 Å². The zero-order chi connectivity index (χ0) is 19.6. The minimum atomic E-state index is -3.50. The molecule has 0 unspecified atom stereocenters. The average molecular weight is 394 g/mol. The van der Waals surface area contributed by atoms with Gasteiger partial charge in [-0.1, -0.05) is 0 Å². The van der Waals surface area contributed by atoms with Gasteiger partial charge in [0.2, 0.25) is 0 Å². The Labute approximate surface area is 154 Å². The van der Waals surface area contributed by atoms with Crippen molar-refractivity contribution in [2.75, 3.05) is 54.9 Å². The number of benzene rings is 1. The summed E-state index contributed by atoms with van der Waals surface area (Å²) in [5.74, 6) is 1.70. The highest BCUT2D eigenvalue weighted by Crippen LogP contribution is 2.45. The van der Waals surface area contributed by atoms with Gasteiger partial charge in [-0.15, -0.1) is 0 Å². The SMILES string of the molecule is COCOc1cc(OC)c(OCOC)c(CCCOS(C)(=O)=O)c1OC. The molecule has 1 rings (SSSR count). The highest BCUT2D eigenvalue weighted by molar-refractivity contribution is 7.85. The first-order valence-electron chi connectivity index (χ1n) is 7.73. The van der Waals surface area contributed by atoms with Crippen LogP contribution in [0.4, 0.5) is 0 Å². The first-order valence-corrected chi connectivity index (χ1v) is 9.55. The molecule has 0 fully saturated rings. The molecular formula is C16H26O9S. The van der Waals surface area contributed by atoms with Crippen molar-refractivity contribution in [2.24, 2.45) is 0 Å². The van der Waals surface area contributed by atoms with Gasteiger partial charge >= 0.3 is 0 Å². The Balaban J connectivity index is 3.19. The summed E-state index contributed by atoms with van der Waals surface area (Å²) >= 11 is 0. The van der Waals surface area contributed by atoms with E-state index in [0.717, 1.165) is 6.26 Å². The van der Waals surface area contributed by atoms with Gasteiger partial charge in [0.1, 0.15) is 0 Å². The number of hydrogen-bond acceptors (Lipinski definition) is 9. The second kappa shape index (κ2) is 11.1. The summed E-state index contributed by atoms with van der Waals surface area (Å²) in [7, 11) is 2.50. The summed E-state index contributed by atoms with van der Waals surface area (Å²) in [5, 5.41) is 0. The number of ether oxygens (including phenoxy) is 6. The van der Waals surface area contributed by atoms with Crippen LogP contribution in [0.3, 0.4) is 0 Å². The Morgan fingerprint density at radius 2 is 1.54 bits per heavy atom. The maximum atomic E-state index is 11.1. The van der Waals surface area contributed by atoms with Gasteiger partial charge in [0, 0.05) is 25.8 Å². The lowest BCUT2D eigenvalue weighted by Gasteiger charge is -2.20. The third kappa shape index (κ3) is 6.87. The van der Waals surface area contributed by atoms with Crippen molar-refractivity contribution in [3.8, 4) is 23.0 Å². The Morgan fingerprint density at radius 3 is 2.08 bits per heavy atom. The molecule has 10 heteroatoms. The van der Waals surface area contributed by atoms with E-state index in [4.69, 9.17) is 32.6 Å². The fourth-order valence-electron chi connectivity index (χ4n) is 2.22. The van der Waals surface area contributed by atoms with Crippen LogP contribution in [-0.2, 0) is 30.2 Å². The monoisotopic (exact) mass is 394 g/mol. The number of hydrogen-bond donors (Lipinski definition) is 0. The third-order valence-electron chi connectivity index (χ3n) is 3.20. The molecule has 0 amide bonds. The molecule has 0 radical (unpaired) electrons. The fourth-order valence-corrected chi connectivity index (χ4v) is 2.64. The summed E-state index contributed by atoms with van der Waals surface area (Å²) < 4.78 is 58.9. The molecule has 26 heavy (non-hydrogen) atoms. The molecule has 0 aliphatic heterocycles. The van der Waals surface area contributed by atoms with Crippen LogP contribution in [0.2, 0.25) is 0 Å². The predicted molar refractivity (Wildman–Crippen MR) is 93.7 cm³/mol. The van der Waals surface area contributed by atoms with E-state index < -0.39 is 10.1 Å². The highest BCUT2D eigenvalue weighted by Gasteiger charge is 2.22. The van der Waals surface area contributed by atoms with Gasteiger partial charge in [0.25, 0.3) is 10.1 Å². The normalized spacial score (nSPS) is 11.3. The highest BCUT2D eigenvalue weighted by atomic mass is 32.2. The summed E-state index contributed by atoms with van der Waals surface area (Å²) in [6, 6.07) is 1.62. The lowest BCUT2D eigenvalue weighted by atomic mass is 10.1. The van der Waals surface area contributed by atoms with Crippen molar-refractivity contribution in [1.82, 2.24) is 0 Å². The minimum Gasteiger partial charge on any atom is -0.493 e. The lowest BCUT2D eigenvalue weighted by Crippen LogP contribution is -2.10. The quantitative estimate of drug-likeness (QED) is 0.280. The van der Waals surface area contributed by atoms with E-state index in [1.54, 1.807) is 6.07 Å². The van der Waals surface area contributed by atoms with Crippen LogP contribution < -0.4 is 18.9 Å². The van der Waals surface area contributed by atoms with Crippen molar-refractivity contribution in [3.63, 3.8) is 0 Å². The zero-order valence-corrected chi connectivity index (χ0v) is 16.5. The van der Waals surface area contributed by atoms with E-state index >= 15 is 0 Å². The van der Waals surface area contributed by atoms with Gasteiger partial charge < -0.3 is 28.4 Å². The standard InChI is InChI=1S/C16H26O9S/c1-19-10-23-14-9-13(21-3)16(24-11-20-2)12(15(14)22-4)7-6-8-25-26(5,17)18/h9H,6-8,10-11H2,1-5H3. The second-order valence-corrected chi connectivity index (χ2v) is 6.79. The molecule has 0 aliphatic carbocycles. The molecule has 0 saturated heterocycles. The van der Waals surface area contributed by atoms with E-state index in [0.29, 0.717) is 41.4 Å². The van der Waals surface area contributed by atoms with Gasteiger partial charge in [-0.2, -0.15) is 8.42 Å². The largest absolute Gasteiger partial charge is 0.493 e. The molecule has 9 nitrogen and oxygen atoms in total. The molecule has 0 spiro atoms. The number of methoxy groups -OCH3 is 4. The Bertz CT molecular complexity index is 658. The molecule has 150 valence electrons. The molecule has 0 N–H and O–H groups in total. The fraction of sp³-hybridized carbons (Fsp3) is 0.625.